The van der Waals surface area contributed by atoms with Crippen molar-refractivity contribution in [3.05, 3.63) is 85.1 Å². The molecule has 69 heavy (non-hydrogen) atoms. The minimum Gasteiger partial charge on any atom is -0.394 e. The van der Waals surface area contributed by atoms with Crippen LogP contribution in [0.5, 0.6) is 0 Å². The number of unbranched alkanes of at least 4 members (excludes halogenated alkanes) is 14. The summed E-state index contributed by atoms with van der Waals surface area (Å²) in [7, 11) is 0. The second-order valence-corrected chi connectivity index (χ2v) is 18.3. The highest BCUT2D eigenvalue weighted by Crippen LogP contribution is 2.30. The van der Waals surface area contributed by atoms with Crippen LogP contribution in [0.3, 0.4) is 0 Å². The van der Waals surface area contributed by atoms with Crippen molar-refractivity contribution in [2.75, 3.05) is 19.8 Å². The molecule has 0 saturated carbocycles. The normalized spacial score (nSPS) is 26.9. The van der Waals surface area contributed by atoms with E-state index in [2.05, 4.69) is 92.1 Å². The topological polar surface area (TPSA) is 228 Å². The van der Waals surface area contributed by atoms with Crippen LogP contribution in [0.4, 0.5) is 0 Å². The molecule has 2 saturated heterocycles. The Bertz CT molecular complexity index is 1480. The molecule has 12 unspecified atom stereocenters. The summed E-state index contributed by atoms with van der Waals surface area (Å²) in [6.45, 7) is 2.58. The van der Waals surface area contributed by atoms with Crippen molar-refractivity contribution in [2.45, 2.75) is 235 Å². The molecule has 2 heterocycles. The molecule has 9 N–H and O–H groups in total. The maximum Gasteiger partial charge on any atom is 0.220 e. The molecule has 2 rings (SSSR count). The minimum atomic E-state index is -1.79. The zero-order valence-electron chi connectivity index (χ0n) is 42.0. The van der Waals surface area contributed by atoms with Crippen LogP contribution < -0.4 is 5.32 Å². The first kappa shape index (κ1) is 62.3. The summed E-state index contributed by atoms with van der Waals surface area (Å²) in [6, 6.07) is -0.938. The van der Waals surface area contributed by atoms with Gasteiger partial charge in [-0.25, -0.2) is 0 Å². The predicted molar refractivity (Wildman–Crippen MR) is 272 cm³/mol. The zero-order valence-corrected chi connectivity index (χ0v) is 42.0. The Hall–Kier alpha value is -2.83. The van der Waals surface area contributed by atoms with E-state index in [1.807, 2.05) is 6.08 Å². The molecule has 2 aliphatic heterocycles. The van der Waals surface area contributed by atoms with E-state index in [0.29, 0.717) is 12.8 Å². The molecule has 0 bridgehead atoms. The number of hydrogen-bond acceptors (Lipinski definition) is 13. The highest BCUT2D eigenvalue weighted by atomic mass is 16.7. The molecule has 0 aliphatic carbocycles. The quantitative estimate of drug-likeness (QED) is 0.0217. The Kier molecular flexibility index (Phi) is 36.8. The van der Waals surface area contributed by atoms with Crippen molar-refractivity contribution in [3.63, 3.8) is 0 Å². The standard InChI is InChI=1S/C55H93NO13/c1-3-5-7-9-11-13-15-16-17-18-19-20-21-22-23-24-25-26-27-28-29-31-33-35-37-39-47(60)56-43(44(59)38-36-34-32-30-14-12-10-8-6-4-2)42-66-54-52(65)50(63)53(46(41-58)68-54)69-55-51(64)49(62)48(61)45(40-57)67-55/h5,7,11,13-14,16-17,19-20,22-23,30,36,38,43-46,48-55,57-59,61-65H,3-4,6,8-10,12,15,18,21,24-29,31-35,37,39-42H2,1-2H3,(H,56,60)/b7-5-,13-11-,17-16-,20-19-,23-22-,30-14+,38-36+. The van der Waals surface area contributed by atoms with Gasteiger partial charge >= 0.3 is 0 Å². The second kappa shape index (κ2) is 40.7. The summed E-state index contributed by atoms with van der Waals surface area (Å²) in [5, 5.41) is 86.6. The number of allylic oxidation sites excluding steroid dienone is 13. The predicted octanol–water partition coefficient (Wildman–Crippen LogP) is 7.38. The van der Waals surface area contributed by atoms with Gasteiger partial charge in [0, 0.05) is 6.42 Å². The lowest BCUT2D eigenvalue weighted by molar-refractivity contribution is -0.359. The van der Waals surface area contributed by atoms with Gasteiger partial charge in [0.2, 0.25) is 5.91 Å². The van der Waals surface area contributed by atoms with Crippen molar-refractivity contribution in [1.82, 2.24) is 5.32 Å². The molecular formula is C55H93NO13. The Balaban J connectivity index is 1.76. The van der Waals surface area contributed by atoms with E-state index < -0.39 is 86.8 Å². The largest absolute Gasteiger partial charge is 0.394 e. The Morgan fingerprint density at radius 3 is 1.59 bits per heavy atom. The highest BCUT2D eigenvalue weighted by molar-refractivity contribution is 5.76. The van der Waals surface area contributed by atoms with E-state index in [0.717, 1.165) is 77.0 Å². The minimum absolute atomic E-state index is 0.261. The maximum atomic E-state index is 13.2. The van der Waals surface area contributed by atoms with E-state index in [-0.39, 0.29) is 18.9 Å². The molecule has 0 aromatic heterocycles. The third-order valence-electron chi connectivity index (χ3n) is 12.3. The first-order valence-corrected chi connectivity index (χ1v) is 26.3. The third kappa shape index (κ3) is 27.5. The highest BCUT2D eigenvalue weighted by Gasteiger charge is 2.51. The molecule has 0 spiro atoms. The number of hydrogen-bond donors (Lipinski definition) is 9. The average Bonchev–Trinajstić information content (AvgIpc) is 3.35. The molecular weight excluding hydrogens is 883 g/mol. The number of carbonyl (C=O) groups excluding carboxylic acids is 1. The summed E-state index contributed by atoms with van der Waals surface area (Å²) in [5.41, 5.74) is 0. The van der Waals surface area contributed by atoms with Gasteiger partial charge in [-0.05, 0) is 77.0 Å². The van der Waals surface area contributed by atoms with Gasteiger partial charge in [-0.1, -0.05) is 163 Å². The second-order valence-electron chi connectivity index (χ2n) is 18.3. The van der Waals surface area contributed by atoms with Crippen LogP contribution >= 0.6 is 0 Å². The van der Waals surface area contributed by atoms with E-state index in [4.69, 9.17) is 18.9 Å². The zero-order chi connectivity index (χ0) is 50.3. The number of carbonyl (C=O) groups is 1. The van der Waals surface area contributed by atoms with E-state index in [1.165, 1.54) is 51.4 Å². The molecule has 2 aliphatic rings. The maximum absolute atomic E-state index is 13.2. The monoisotopic (exact) mass is 976 g/mol. The van der Waals surface area contributed by atoms with E-state index >= 15 is 0 Å². The number of amides is 1. The Labute approximate surface area is 414 Å². The van der Waals surface area contributed by atoms with Gasteiger partial charge in [0.1, 0.15) is 48.8 Å². The van der Waals surface area contributed by atoms with Gasteiger partial charge < -0.3 is 65.1 Å². The van der Waals surface area contributed by atoms with Crippen LogP contribution in [0.1, 0.15) is 162 Å². The molecule has 12 atom stereocenters. The van der Waals surface area contributed by atoms with Gasteiger partial charge in [-0.15, -0.1) is 0 Å². The fraction of sp³-hybridized carbons (Fsp3) is 0.727. The van der Waals surface area contributed by atoms with Crippen molar-refractivity contribution in [2.24, 2.45) is 0 Å². The average molecular weight is 976 g/mol. The number of ether oxygens (including phenoxy) is 4. The lowest BCUT2D eigenvalue weighted by Gasteiger charge is -2.46. The van der Waals surface area contributed by atoms with Crippen LogP contribution in [-0.2, 0) is 23.7 Å². The van der Waals surface area contributed by atoms with Gasteiger partial charge in [-0.3, -0.25) is 4.79 Å². The fourth-order valence-corrected chi connectivity index (χ4v) is 8.04. The third-order valence-corrected chi connectivity index (χ3v) is 12.3. The lowest BCUT2D eigenvalue weighted by Crippen LogP contribution is -2.65. The number of aliphatic hydroxyl groups excluding tert-OH is 8. The first-order valence-electron chi connectivity index (χ1n) is 26.3. The molecule has 0 aromatic carbocycles. The molecule has 0 radical (unpaired) electrons. The molecule has 396 valence electrons. The van der Waals surface area contributed by atoms with Crippen LogP contribution in [-0.4, -0.2) is 140 Å². The number of nitrogens with one attached hydrogen (secondary N) is 1. The summed E-state index contributed by atoms with van der Waals surface area (Å²) in [4.78, 5) is 13.2. The van der Waals surface area contributed by atoms with Crippen molar-refractivity contribution in [3.8, 4) is 0 Å². The van der Waals surface area contributed by atoms with E-state index in [9.17, 15) is 45.6 Å². The van der Waals surface area contributed by atoms with Gasteiger partial charge in [-0.2, -0.15) is 0 Å². The number of rotatable bonds is 39. The van der Waals surface area contributed by atoms with Crippen molar-refractivity contribution < 1.29 is 64.6 Å². The fourth-order valence-electron chi connectivity index (χ4n) is 8.04. The van der Waals surface area contributed by atoms with Crippen molar-refractivity contribution >= 4 is 5.91 Å². The molecule has 1 amide bonds. The summed E-state index contributed by atoms with van der Waals surface area (Å²) in [6.07, 6.45) is 36.4. The number of aliphatic hydroxyl groups is 8. The van der Waals surface area contributed by atoms with Crippen LogP contribution in [0, 0.1) is 0 Å². The van der Waals surface area contributed by atoms with Gasteiger partial charge in [0.25, 0.3) is 0 Å². The van der Waals surface area contributed by atoms with Gasteiger partial charge in [0.05, 0.1) is 32.0 Å². The van der Waals surface area contributed by atoms with Crippen molar-refractivity contribution in [1.29, 1.82) is 0 Å². The lowest BCUT2D eigenvalue weighted by atomic mass is 9.97. The molecule has 0 aromatic rings. The summed E-state index contributed by atoms with van der Waals surface area (Å²) in [5.74, 6) is -0.263. The molecule has 14 nitrogen and oxygen atoms in total. The Morgan fingerprint density at radius 2 is 1.01 bits per heavy atom. The molecule has 2 fully saturated rings. The Morgan fingerprint density at radius 1 is 0.536 bits per heavy atom. The van der Waals surface area contributed by atoms with Gasteiger partial charge in [0.15, 0.2) is 12.6 Å². The summed E-state index contributed by atoms with van der Waals surface area (Å²) >= 11 is 0. The van der Waals surface area contributed by atoms with Crippen LogP contribution in [0.15, 0.2) is 85.1 Å². The van der Waals surface area contributed by atoms with E-state index in [1.54, 1.807) is 6.08 Å². The van der Waals surface area contributed by atoms with Crippen LogP contribution in [0.25, 0.3) is 0 Å². The molecule has 14 heteroatoms. The first-order chi connectivity index (χ1) is 33.6. The summed E-state index contributed by atoms with van der Waals surface area (Å²) < 4.78 is 22.6. The van der Waals surface area contributed by atoms with Crippen LogP contribution in [0.2, 0.25) is 0 Å². The SMILES string of the molecule is CC/C=C\C/C=C\C/C=C\C/C=C\C/C=C\CCCCCCCCCCCC(=O)NC(COC1OC(CO)C(OC2OC(CO)C(O)C(O)C2O)C(O)C1O)C(O)/C=C/CC/C=C/CCCCCC. The smallest absolute Gasteiger partial charge is 0.220 e.